The maximum Gasteiger partial charge on any atom is 0.328 e. The molecule has 1 rings (SSSR count). The SMILES string of the molecule is CCCc1occc1C(=O)NC(COC)C(=O)O. The lowest BCUT2D eigenvalue weighted by Crippen LogP contribution is -2.43. The number of rotatable bonds is 7. The number of hydrogen-bond donors (Lipinski definition) is 2. The van der Waals surface area contributed by atoms with Gasteiger partial charge in [-0.1, -0.05) is 6.92 Å². The van der Waals surface area contributed by atoms with E-state index in [9.17, 15) is 9.59 Å². The first kappa shape index (κ1) is 14.2. The van der Waals surface area contributed by atoms with E-state index in [-0.39, 0.29) is 6.61 Å². The number of furan rings is 1. The van der Waals surface area contributed by atoms with Crippen molar-refractivity contribution in [1.82, 2.24) is 5.32 Å². The molecule has 6 nitrogen and oxygen atoms in total. The van der Waals surface area contributed by atoms with Gasteiger partial charge in [-0.05, 0) is 12.5 Å². The summed E-state index contributed by atoms with van der Waals surface area (Å²) in [7, 11) is 1.38. The third kappa shape index (κ3) is 3.59. The molecule has 0 radical (unpaired) electrons. The molecular weight excluding hydrogens is 238 g/mol. The fourth-order valence-corrected chi connectivity index (χ4v) is 1.54. The summed E-state index contributed by atoms with van der Waals surface area (Å²) in [4.78, 5) is 22.8. The largest absolute Gasteiger partial charge is 0.480 e. The Bertz CT molecular complexity index is 412. The van der Waals surface area contributed by atoms with Gasteiger partial charge in [0.1, 0.15) is 5.76 Å². The average molecular weight is 255 g/mol. The van der Waals surface area contributed by atoms with Crippen LogP contribution in [0.2, 0.25) is 0 Å². The van der Waals surface area contributed by atoms with Gasteiger partial charge in [-0.25, -0.2) is 4.79 Å². The fraction of sp³-hybridized carbons (Fsp3) is 0.500. The van der Waals surface area contributed by atoms with Gasteiger partial charge in [0.15, 0.2) is 6.04 Å². The minimum Gasteiger partial charge on any atom is -0.480 e. The molecule has 0 aliphatic rings. The molecule has 1 unspecified atom stereocenters. The van der Waals surface area contributed by atoms with Crippen LogP contribution in [0, 0.1) is 0 Å². The van der Waals surface area contributed by atoms with E-state index in [1.807, 2.05) is 6.92 Å². The number of carbonyl (C=O) groups is 2. The van der Waals surface area contributed by atoms with Crippen LogP contribution < -0.4 is 5.32 Å². The number of nitrogens with one attached hydrogen (secondary N) is 1. The van der Waals surface area contributed by atoms with E-state index in [1.165, 1.54) is 19.4 Å². The predicted octanol–water partition coefficient (Wildman–Crippen LogP) is 1.06. The van der Waals surface area contributed by atoms with Gasteiger partial charge >= 0.3 is 5.97 Å². The van der Waals surface area contributed by atoms with E-state index < -0.39 is 17.9 Å². The summed E-state index contributed by atoms with van der Waals surface area (Å²) in [6.45, 7) is 1.89. The molecule has 0 aliphatic carbocycles. The summed E-state index contributed by atoms with van der Waals surface area (Å²) in [5.41, 5.74) is 0.374. The lowest BCUT2D eigenvalue weighted by Gasteiger charge is -2.13. The summed E-state index contributed by atoms with van der Waals surface area (Å²) in [6, 6.07) is 0.471. The summed E-state index contributed by atoms with van der Waals surface area (Å²) < 4.78 is 9.93. The molecule has 1 heterocycles. The first-order valence-corrected chi connectivity index (χ1v) is 5.69. The van der Waals surface area contributed by atoms with Crippen LogP contribution in [-0.4, -0.2) is 36.7 Å². The molecule has 0 aromatic carbocycles. The highest BCUT2D eigenvalue weighted by molar-refractivity contribution is 5.97. The van der Waals surface area contributed by atoms with E-state index in [4.69, 9.17) is 14.3 Å². The summed E-state index contributed by atoms with van der Waals surface area (Å²) >= 11 is 0. The zero-order chi connectivity index (χ0) is 13.5. The second-order valence-corrected chi connectivity index (χ2v) is 3.83. The van der Waals surface area contributed by atoms with Gasteiger partial charge in [0.2, 0.25) is 0 Å². The van der Waals surface area contributed by atoms with Crippen molar-refractivity contribution in [1.29, 1.82) is 0 Å². The quantitative estimate of drug-likeness (QED) is 0.760. The molecule has 100 valence electrons. The molecule has 6 heteroatoms. The first-order chi connectivity index (χ1) is 8.60. The molecule has 1 amide bonds. The normalized spacial score (nSPS) is 12.1. The van der Waals surface area contributed by atoms with Crippen LogP contribution in [0.25, 0.3) is 0 Å². The number of carboxylic acid groups (broad SMARTS) is 1. The Morgan fingerprint density at radius 2 is 2.28 bits per heavy atom. The number of amides is 1. The maximum absolute atomic E-state index is 11.9. The first-order valence-electron chi connectivity index (χ1n) is 5.69. The number of methoxy groups -OCH3 is 1. The van der Waals surface area contributed by atoms with Crippen LogP contribution in [-0.2, 0) is 16.0 Å². The maximum atomic E-state index is 11.9. The van der Waals surface area contributed by atoms with E-state index in [1.54, 1.807) is 0 Å². The Labute approximate surface area is 105 Å². The minimum absolute atomic E-state index is 0.0813. The summed E-state index contributed by atoms with van der Waals surface area (Å²) in [5.74, 6) is -1.03. The van der Waals surface area contributed by atoms with Crippen molar-refractivity contribution < 1.29 is 23.8 Å². The molecule has 0 aliphatic heterocycles. The van der Waals surface area contributed by atoms with Crippen molar-refractivity contribution in [3.8, 4) is 0 Å². The Kier molecular flexibility index (Phi) is 5.38. The second-order valence-electron chi connectivity index (χ2n) is 3.83. The van der Waals surface area contributed by atoms with Gasteiger partial charge in [-0.3, -0.25) is 4.79 Å². The summed E-state index contributed by atoms with van der Waals surface area (Å²) in [5, 5.41) is 11.3. The molecule has 1 aromatic rings. The highest BCUT2D eigenvalue weighted by Gasteiger charge is 2.22. The second kappa shape index (κ2) is 6.80. The lowest BCUT2D eigenvalue weighted by molar-refractivity contribution is -0.140. The molecule has 0 bridgehead atoms. The highest BCUT2D eigenvalue weighted by atomic mass is 16.5. The molecule has 0 saturated heterocycles. The van der Waals surface area contributed by atoms with Crippen LogP contribution in [0.1, 0.15) is 29.5 Å². The average Bonchev–Trinajstić information content (AvgIpc) is 2.77. The van der Waals surface area contributed by atoms with Gasteiger partial charge < -0.3 is 19.6 Å². The monoisotopic (exact) mass is 255 g/mol. The van der Waals surface area contributed by atoms with Crippen molar-refractivity contribution in [2.45, 2.75) is 25.8 Å². The van der Waals surface area contributed by atoms with Crippen LogP contribution >= 0.6 is 0 Å². The number of carboxylic acids is 1. The van der Waals surface area contributed by atoms with E-state index in [0.29, 0.717) is 17.7 Å². The van der Waals surface area contributed by atoms with Gasteiger partial charge in [0.05, 0.1) is 18.4 Å². The topological polar surface area (TPSA) is 88.8 Å². The van der Waals surface area contributed by atoms with Crippen molar-refractivity contribution in [2.24, 2.45) is 0 Å². The molecule has 0 spiro atoms. The zero-order valence-corrected chi connectivity index (χ0v) is 10.4. The molecule has 0 saturated carbocycles. The van der Waals surface area contributed by atoms with Crippen LogP contribution in [0.5, 0.6) is 0 Å². The number of ether oxygens (including phenoxy) is 1. The molecule has 0 fully saturated rings. The Hall–Kier alpha value is -1.82. The number of aliphatic carboxylic acids is 1. The predicted molar refractivity (Wildman–Crippen MR) is 63.5 cm³/mol. The molecule has 1 aromatic heterocycles. The van der Waals surface area contributed by atoms with Gasteiger partial charge in [-0.2, -0.15) is 0 Å². The fourth-order valence-electron chi connectivity index (χ4n) is 1.54. The molecule has 1 atom stereocenters. The Morgan fingerprint density at radius 3 is 2.83 bits per heavy atom. The Morgan fingerprint density at radius 1 is 1.56 bits per heavy atom. The van der Waals surface area contributed by atoms with Crippen molar-refractivity contribution in [3.63, 3.8) is 0 Å². The highest BCUT2D eigenvalue weighted by Crippen LogP contribution is 2.12. The number of aryl methyl sites for hydroxylation is 1. The minimum atomic E-state index is -1.13. The number of carbonyl (C=O) groups excluding carboxylic acids is 1. The smallest absolute Gasteiger partial charge is 0.328 e. The summed E-state index contributed by atoms with van der Waals surface area (Å²) in [6.07, 6.45) is 2.90. The van der Waals surface area contributed by atoms with Crippen molar-refractivity contribution in [3.05, 3.63) is 23.7 Å². The standard InChI is InChI=1S/C12H17NO5/c1-3-4-10-8(5-6-18-10)11(14)13-9(7-17-2)12(15)16/h5-6,9H,3-4,7H2,1-2H3,(H,13,14)(H,15,16). The molecule has 2 N–H and O–H groups in total. The lowest BCUT2D eigenvalue weighted by atomic mass is 10.1. The van der Waals surface area contributed by atoms with Crippen LogP contribution in [0.3, 0.4) is 0 Å². The van der Waals surface area contributed by atoms with Crippen molar-refractivity contribution in [2.75, 3.05) is 13.7 Å². The molecule has 18 heavy (non-hydrogen) atoms. The Balaban J connectivity index is 2.74. The van der Waals surface area contributed by atoms with E-state index in [0.717, 1.165) is 6.42 Å². The zero-order valence-electron chi connectivity index (χ0n) is 10.4. The molecular formula is C12H17NO5. The van der Waals surface area contributed by atoms with Gasteiger partial charge in [0.25, 0.3) is 5.91 Å². The van der Waals surface area contributed by atoms with Crippen LogP contribution in [0.4, 0.5) is 0 Å². The third-order valence-electron chi connectivity index (χ3n) is 2.40. The van der Waals surface area contributed by atoms with E-state index >= 15 is 0 Å². The van der Waals surface area contributed by atoms with Crippen molar-refractivity contribution >= 4 is 11.9 Å². The van der Waals surface area contributed by atoms with Crippen LogP contribution in [0.15, 0.2) is 16.7 Å². The van der Waals surface area contributed by atoms with Gasteiger partial charge in [0, 0.05) is 13.5 Å². The number of hydrogen-bond acceptors (Lipinski definition) is 4. The van der Waals surface area contributed by atoms with Gasteiger partial charge in [-0.15, -0.1) is 0 Å². The van der Waals surface area contributed by atoms with E-state index in [2.05, 4.69) is 5.32 Å². The third-order valence-corrected chi connectivity index (χ3v) is 2.40.